The van der Waals surface area contributed by atoms with Crippen LogP contribution >= 0.6 is 22.9 Å². The quantitative estimate of drug-likeness (QED) is 0.474. The summed E-state index contributed by atoms with van der Waals surface area (Å²) in [5, 5.41) is 0.306. The van der Waals surface area contributed by atoms with Crippen LogP contribution < -0.4 is 15.6 Å². The van der Waals surface area contributed by atoms with Gasteiger partial charge in [-0.15, -0.1) is 11.3 Å². The van der Waals surface area contributed by atoms with Crippen LogP contribution in [0.15, 0.2) is 68.4 Å². The second kappa shape index (κ2) is 7.91. The number of hydrogen-bond acceptors (Lipinski definition) is 5. The molecule has 0 amide bonds. The zero-order valence-corrected chi connectivity index (χ0v) is 19.1. The van der Waals surface area contributed by atoms with Crippen LogP contribution in [0.5, 0.6) is 0 Å². The molecule has 0 radical (unpaired) electrons. The van der Waals surface area contributed by atoms with E-state index in [-0.39, 0.29) is 14.2 Å². The number of fused-ring (bicyclic) bond motifs is 2. The molecule has 2 aromatic heterocycles. The third-order valence-electron chi connectivity index (χ3n) is 5.55. The molecule has 1 aliphatic rings. The number of nitrogens with zero attached hydrogens (tertiary/aromatic N) is 2. The molecule has 4 aromatic rings. The van der Waals surface area contributed by atoms with Crippen LogP contribution in [-0.4, -0.2) is 24.5 Å². The van der Waals surface area contributed by atoms with Crippen molar-refractivity contribution in [3.8, 4) is 5.69 Å². The standard InChI is InChI=1S/C22H18ClN3O4S2/c23-20-18(26-21(27)15-9-2-3-10-16(15)24-22(26)28)13-19(31-20)32(29,30)25-12-6-5-8-14-7-1-4-11-17(14)25/h1-4,7,9-11,13H,5-6,8,12H2,(H,24,28). The molecule has 0 atom stereocenters. The van der Waals surface area contributed by atoms with E-state index in [0.717, 1.165) is 40.7 Å². The van der Waals surface area contributed by atoms with Gasteiger partial charge < -0.3 is 4.98 Å². The maximum absolute atomic E-state index is 13.6. The Balaban J connectivity index is 1.66. The third-order valence-corrected chi connectivity index (χ3v) is 9.15. The molecule has 32 heavy (non-hydrogen) atoms. The van der Waals surface area contributed by atoms with Gasteiger partial charge in [0.1, 0.15) is 8.55 Å². The summed E-state index contributed by atoms with van der Waals surface area (Å²) >= 11 is 7.21. The number of nitrogens with one attached hydrogen (secondary N) is 1. The molecule has 7 nitrogen and oxygen atoms in total. The molecule has 2 aromatic carbocycles. The largest absolute Gasteiger partial charge is 0.333 e. The number of aryl methyl sites for hydroxylation is 1. The summed E-state index contributed by atoms with van der Waals surface area (Å²) in [6, 6.07) is 15.4. The molecule has 0 saturated heterocycles. The molecule has 0 fully saturated rings. The van der Waals surface area contributed by atoms with Crippen molar-refractivity contribution in [2.45, 2.75) is 23.5 Å². The first-order valence-electron chi connectivity index (χ1n) is 10.0. The number of thiophene rings is 1. The zero-order valence-electron chi connectivity index (χ0n) is 16.7. The van der Waals surface area contributed by atoms with Crippen LogP contribution in [-0.2, 0) is 16.4 Å². The fraction of sp³-hybridized carbons (Fsp3) is 0.182. The molecule has 0 unspecified atom stereocenters. The van der Waals surface area contributed by atoms with Crippen LogP contribution in [0.3, 0.4) is 0 Å². The Morgan fingerprint density at radius 1 is 0.969 bits per heavy atom. The van der Waals surface area contributed by atoms with Gasteiger partial charge in [-0.2, -0.15) is 0 Å². The normalized spacial score (nSPS) is 14.3. The molecule has 1 N–H and O–H groups in total. The van der Waals surface area contributed by atoms with Gasteiger partial charge in [-0.25, -0.2) is 17.8 Å². The lowest BCUT2D eigenvalue weighted by atomic mass is 10.1. The first-order valence-corrected chi connectivity index (χ1v) is 12.7. The highest BCUT2D eigenvalue weighted by molar-refractivity contribution is 7.94. The average molecular weight is 488 g/mol. The van der Waals surface area contributed by atoms with Crippen molar-refractivity contribution in [3.05, 3.63) is 85.3 Å². The number of aromatic nitrogens is 2. The summed E-state index contributed by atoms with van der Waals surface area (Å²) in [7, 11) is -3.94. The van der Waals surface area contributed by atoms with Crippen molar-refractivity contribution in [2.75, 3.05) is 10.8 Å². The Kier molecular flexibility index (Phi) is 5.19. The van der Waals surface area contributed by atoms with Crippen molar-refractivity contribution in [2.24, 2.45) is 0 Å². The van der Waals surface area contributed by atoms with E-state index in [0.29, 0.717) is 23.1 Å². The van der Waals surface area contributed by atoms with Crippen LogP contribution in [0.2, 0.25) is 4.34 Å². The predicted molar refractivity (Wildman–Crippen MR) is 127 cm³/mol. The molecular weight excluding hydrogens is 470 g/mol. The van der Waals surface area contributed by atoms with Crippen molar-refractivity contribution in [1.29, 1.82) is 0 Å². The van der Waals surface area contributed by atoms with Gasteiger partial charge in [0.05, 0.1) is 22.3 Å². The number of H-pyrrole nitrogens is 1. The maximum Gasteiger partial charge on any atom is 0.333 e. The Hall–Kier alpha value is -2.88. The molecule has 3 heterocycles. The number of para-hydroxylation sites is 2. The van der Waals surface area contributed by atoms with Gasteiger partial charge >= 0.3 is 5.69 Å². The highest BCUT2D eigenvalue weighted by Gasteiger charge is 2.31. The van der Waals surface area contributed by atoms with E-state index in [1.807, 2.05) is 18.2 Å². The number of sulfonamides is 1. The second-order valence-corrected chi connectivity index (χ2v) is 11.2. The van der Waals surface area contributed by atoms with Gasteiger partial charge in [0.25, 0.3) is 15.6 Å². The molecule has 0 bridgehead atoms. The average Bonchev–Trinajstić information content (AvgIpc) is 3.02. The van der Waals surface area contributed by atoms with E-state index >= 15 is 0 Å². The topological polar surface area (TPSA) is 92.2 Å². The molecule has 0 saturated carbocycles. The predicted octanol–water partition coefficient (Wildman–Crippen LogP) is 3.93. The number of rotatable bonds is 3. The summed E-state index contributed by atoms with van der Waals surface area (Å²) in [6.45, 7) is 0.348. The van der Waals surface area contributed by atoms with E-state index < -0.39 is 21.3 Å². The monoisotopic (exact) mass is 487 g/mol. The van der Waals surface area contributed by atoms with Gasteiger partial charge in [0.15, 0.2) is 0 Å². The van der Waals surface area contributed by atoms with Crippen molar-refractivity contribution >= 4 is 49.6 Å². The summed E-state index contributed by atoms with van der Waals surface area (Å²) in [5.41, 5.74) is 0.829. The lowest BCUT2D eigenvalue weighted by Crippen LogP contribution is -2.33. The SMILES string of the molecule is O=c1[nH]c2ccccc2c(=O)n1-c1cc(S(=O)(=O)N2CCCCc3ccccc32)sc1Cl. The summed E-state index contributed by atoms with van der Waals surface area (Å²) in [4.78, 5) is 28.3. The van der Waals surface area contributed by atoms with Gasteiger partial charge in [0, 0.05) is 6.54 Å². The fourth-order valence-electron chi connectivity index (χ4n) is 4.01. The number of benzene rings is 2. The lowest BCUT2D eigenvalue weighted by molar-refractivity contribution is 0.591. The summed E-state index contributed by atoms with van der Waals surface area (Å²) in [5.74, 6) is 0. The molecule has 0 aliphatic carbocycles. The Labute approximate surface area is 192 Å². The van der Waals surface area contributed by atoms with Gasteiger partial charge in [-0.05, 0) is 49.1 Å². The van der Waals surface area contributed by atoms with Crippen LogP contribution in [0.4, 0.5) is 5.69 Å². The van der Waals surface area contributed by atoms with Gasteiger partial charge in [0.2, 0.25) is 0 Å². The zero-order chi connectivity index (χ0) is 22.5. The Morgan fingerprint density at radius 3 is 2.56 bits per heavy atom. The first kappa shape index (κ1) is 21.0. The minimum absolute atomic E-state index is 0.0198. The smallest absolute Gasteiger partial charge is 0.306 e. The Bertz CT molecular complexity index is 1570. The number of hydrogen-bond donors (Lipinski definition) is 1. The minimum atomic E-state index is -3.94. The second-order valence-electron chi connectivity index (χ2n) is 7.50. The molecule has 10 heteroatoms. The first-order chi connectivity index (χ1) is 15.4. The van der Waals surface area contributed by atoms with Gasteiger partial charge in [-0.3, -0.25) is 9.10 Å². The van der Waals surface area contributed by atoms with Crippen molar-refractivity contribution < 1.29 is 8.42 Å². The molecule has 0 spiro atoms. The number of halogens is 1. The van der Waals surface area contributed by atoms with Crippen LogP contribution in [0, 0.1) is 0 Å². The van der Waals surface area contributed by atoms with E-state index in [1.165, 1.54) is 10.4 Å². The van der Waals surface area contributed by atoms with Crippen LogP contribution in [0.1, 0.15) is 18.4 Å². The molecule has 1 aliphatic heterocycles. The van der Waals surface area contributed by atoms with Crippen LogP contribution in [0.25, 0.3) is 16.6 Å². The highest BCUT2D eigenvalue weighted by Crippen LogP contribution is 2.37. The third kappa shape index (κ3) is 3.37. The molecule has 164 valence electrons. The Morgan fingerprint density at radius 2 is 1.72 bits per heavy atom. The van der Waals surface area contributed by atoms with E-state index in [9.17, 15) is 18.0 Å². The van der Waals surface area contributed by atoms with Crippen molar-refractivity contribution in [3.63, 3.8) is 0 Å². The molecule has 5 rings (SSSR count). The van der Waals surface area contributed by atoms with E-state index in [2.05, 4.69) is 4.98 Å². The maximum atomic E-state index is 13.6. The fourth-order valence-corrected chi connectivity index (χ4v) is 7.37. The minimum Gasteiger partial charge on any atom is -0.306 e. The number of anilines is 1. The lowest BCUT2D eigenvalue weighted by Gasteiger charge is -2.23. The van der Waals surface area contributed by atoms with Crippen molar-refractivity contribution in [1.82, 2.24) is 9.55 Å². The molecular formula is C22H18ClN3O4S2. The van der Waals surface area contributed by atoms with E-state index in [4.69, 9.17) is 11.6 Å². The summed E-state index contributed by atoms with van der Waals surface area (Å²) in [6.07, 6.45) is 2.42. The summed E-state index contributed by atoms with van der Waals surface area (Å²) < 4.78 is 29.5. The van der Waals surface area contributed by atoms with E-state index in [1.54, 1.807) is 30.3 Å². The number of aromatic amines is 1. The van der Waals surface area contributed by atoms with Gasteiger partial charge in [-0.1, -0.05) is 41.9 Å². The highest BCUT2D eigenvalue weighted by atomic mass is 35.5.